The van der Waals surface area contributed by atoms with Gasteiger partial charge in [0.15, 0.2) is 0 Å². The van der Waals surface area contributed by atoms with Crippen molar-refractivity contribution in [1.82, 2.24) is 0 Å². The predicted molar refractivity (Wildman–Crippen MR) is 113 cm³/mol. The molecule has 0 aliphatic heterocycles. The summed E-state index contributed by atoms with van der Waals surface area (Å²) in [6, 6.07) is 10.2. The van der Waals surface area contributed by atoms with Crippen LogP contribution in [0.2, 0.25) is 0 Å². The molecule has 3 rings (SSSR count). The van der Waals surface area contributed by atoms with Crippen molar-refractivity contribution in [3.8, 4) is 17.6 Å². The molecule has 0 amide bonds. The first-order valence-corrected chi connectivity index (χ1v) is 9.81. The van der Waals surface area contributed by atoms with E-state index in [9.17, 15) is 15.0 Å². The minimum Gasteiger partial charge on any atom is -0.507 e. The lowest BCUT2D eigenvalue weighted by Crippen LogP contribution is -2.34. The van der Waals surface area contributed by atoms with Crippen molar-refractivity contribution >= 4 is 5.97 Å². The van der Waals surface area contributed by atoms with Crippen LogP contribution in [0.5, 0.6) is 5.75 Å². The number of benzene rings is 2. The second kappa shape index (κ2) is 6.93. The number of aromatic carboxylic acids is 1. The molecule has 0 fully saturated rings. The molecule has 3 N–H and O–H groups in total. The van der Waals surface area contributed by atoms with Crippen molar-refractivity contribution in [2.75, 3.05) is 0 Å². The van der Waals surface area contributed by atoms with Crippen LogP contribution in [0, 0.1) is 11.8 Å². The summed E-state index contributed by atoms with van der Waals surface area (Å²) < 4.78 is 0. The zero-order valence-electron chi connectivity index (χ0n) is 17.6. The van der Waals surface area contributed by atoms with Crippen LogP contribution in [0.4, 0.5) is 0 Å². The summed E-state index contributed by atoms with van der Waals surface area (Å²) in [6.45, 7) is 10.6. The largest absolute Gasteiger partial charge is 0.507 e. The Labute approximate surface area is 172 Å². The number of aliphatic hydroxyl groups is 1. The number of phenols is 1. The van der Waals surface area contributed by atoms with Gasteiger partial charge in [0.25, 0.3) is 0 Å². The summed E-state index contributed by atoms with van der Waals surface area (Å²) in [4.78, 5) is 11.0. The lowest BCUT2D eigenvalue weighted by atomic mass is 9.62. The van der Waals surface area contributed by atoms with E-state index in [1.807, 2.05) is 6.07 Å². The fraction of sp³-hybridized carbons (Fsp3) is 0.400. The van der Waals surface area contributed by atoms with Crippen molar-refractivity contribution in [1.29, 1.82) is 0 Å². The molecule has 152 valence electrons. The van der Waals surface area contributed by atoms with E-state index in [0.717, 1.165) is 18.4 Å². The average molecular weight is 392 g/mol. The third kappa shape index (κ3) is 4.02. The van der Waals surface area contributed by atoms with Crippen LogP contribution in [0.15, 0.2) is 36.4 Å². The maximum atomic E-state index is 11.0. The van der Waals surface area contributed by atoms with Gasteiger partial charge in [-0.05, 0) is 65.5 Å². The first kappa shape index (κ1) is 21.0. The lowest BCUT2D eigenvalue weighted by molar-refractivity contribution is 0.0693. The highest BCUT2D eigenvalue weighted by atomic mass is 16.4. The van der Waals surface area contributed by atoms with Crippen LogP contribution in [-0.4, -0.2) is 21.3 Å². The highest BCUT2D eigenvalue weighted by molar-refractivity contribution is 5.90. The van der Waals surface area contributed by atoms with Crippen LogP contribution in [0.3, 0.4) is 0 Å². The standard InChI is InChI=1S/C25H28O4/c1-23(2)12-13-24(3,4)20-15-17(7-9-19(20)23)25(5,29)11-10-16-6-8-18(22(27)28)21(26)14-16/h6-9,14-15,26,29H,12-13H2,1-5H3,(H,27,28). The predicted octanol–water partition coefficient (Wildman–Crippen LogP) is 4.70. The molecule has 29 heavy (non-hydrogen) atoms. The fourth-order valence-electron chi connectivity index (χ4n) is 3.95. The molecule has 2 aromatic carbocycles. The van der Waals surface area contributed by atoms with Gasteiger partial charge in [0, 0.05) is 5.56 Å². The molecule has 1 aliphatic carbocycles. The second-order valence-corrected chi connectivity index (χ2v) is 9.39. The third-order valence-corrected chi connectivity index (χ3v) is 6.09. The molecule has 1 atom stereocenters. The van der Waals surface area contributed by atoms with Crippen LogP contribution in [0.25, 0.3) is 0 Å². The first-order valence-electron chi connectivity index (χ1n) is 9.81. The SMILES string of the molecule is CC(O)(C#Cc1ccc(C(=O)O)c(O)c1)c1ccc2c(c1)C(C)(C)CCC2(C)C. The van der Waals surface area contributed by atoms with Gasteiger partial charge in [0.2, 0.25) is 0 Å². The van der Waals surface area contributed by atoms with E-state index >= 15 is 0 Å². The fourth-order valence-corrected chi connectivity index (χ4v) is 3.95. The molecule has 0 bridgehead atoms. The van der Waals surface area contributed by atoms with Gasteiger partial charge < -0.3 is 15.3 Å². The molecule has 1 unspecified atom stereocenters. The molecule has 4 nitrogen and oxygen atoms in total. The quantitative estimate of drug-likeness (QED) is 0.648. The maximum absolute atomic E-state index is 11.0. The zero-order valence-corrected chi connectivity index (χ0v) is 17.6. The number of hydrogen-bond donors (Lipinski definition) is 3. The van der Waals surface area contributed by atoms with E-state index in [0.29, 0.717) is 5.56 Å². The van der Waals surface area contributed by atoms with Crippen molar-refractivity contribution < 1.29 is 20.1 Å². The van der Waals surface area contributed by atoms with Crippen LogP contribution < -0.4 is 0 Å². The normalized spacial score (nSPS) is 18.7. The van der Waals surface area contributed by atoms with Crippen molar-refractivity contribution in [3.05, 3.63) is 64.2 Å². The number of aromatic hydroxyl groups is 1. The molecule has 0 aromatic heterocycles. The molecule has 4 heteroatoms. The number of carbonyl (C=O) groups is 1. The zero-order chi connectivity index (χ0) is 21.6. The number of rotatable bonds is 2. The minimum absolute atomic E-state index is 0.0306. The van der Waals surface area contributed by atoms with E-state index in [1.165, 1.54) is 29.3 Å². The monoisotopic (exact) mass is 392 g/mol. The molecule has 2 aromatic rings. The Morgan fingerprint density at radius 2 is 1.62 bits per heavy atom. The Hall–Kier alpha value is -2.77. The Bertz CT molecular complexity index is 1030. The van der Waals surface area contributed by atoms with Gasteiger partial charge in [0.1, 0.15) is 16.9 Å². The van der Waals surface area contributed by atoms with E-state index in [-0.39, 0.29) is 22.1 Å². The number of carboxylic acids is 1. The van der Waals surface area contributed by atoms with Gasteiger partial charge in [-0.15, -0.1) is 0 Å². The van der Waals surface area contributed by atoms with Gasteiger partial charge in [0.05, 0.1) is 0 Å². The van der Waals surface area contributed by atoms with Crippen LogP contribution in [-0.2, 0) is 16.4 Å². The molecule has 1 aliphatic rings. The van der Waals surface area contributed by atoms with Crippen LogP contribution in [0.1, 0.15) is 80.1 Å². The van der Waals surface area contributed by atoms with Gasteiger partial charge in [-0.2, -0.15) is 0 Å². The van der Waals surface area contributed by atoms with E-state index < -0.39 is 11.6 Å². The van der Waals surface area contributed by atoms with E-state index in [2.05, 4.69) is 51.7 Å². The van der Waals surface area contributed by atoms with Gasteiger partial charge in [-0.3, -0.25) is 0 Å². The topological polar surface area (TPSA) is 77.8 Å². The molecule has 0 spiro atoms. The third-order valence-electron chi connectivity index (χ3n) is 6.09. The van der Waals surface area contributed by atoms with Crippen LogP contribution >= 0.6 is 0 Å². The smallest absolute Gasteiger partial charge is 0.339 e. The Morgan fingerprint density at radius 3 is 2.21 bits per heavy atom. The molecule has 0 saturated carbocycles. The Morgan fingerprint density at radius 1 is 1.00 bits per heavy atom. The summed E-state index contributed by atoms with van der Waals surface area (Å²) in [5.74, 6) is 4.18. The average Bonchev–Trinajstić information content (AvgIpc) is 2.63. The number of hydrogen-bond acceptors (Lipinski definition) is 3. The van der Waals surface area contributed by atoms with Gasteiger partial charge in [-0.1, -0.05) is 57.7 Å². The summed E-state index contributed by atoms with van der Waals surface area (Å²) in [7, 11) is 0. The van der Waals surface area contributed by atoms with E-state index in [1.54, 1.807) is 6.92 Å². The molecule has 0 heterocycles. The number of carboxylic acid groups (broad SMARTS) is 1. The number of fused-ring (bicyclic) bond motifs is 1. The summed E-state index contributed by atoms with van der Waals surface area (Å²) in [6.07, 6.45) is 2.21. The highest BCUT2D eigenvalue weighted by Crippen LogP contribution is 2.46. The molecule has 0 saturated heterocycles. The molecular weight excluding hydrogens is 364 g/mol. The summed E-state index contributed by atoms with van der Waals surface area (Å²) in [5, 5.41) is 29.9. The highest BCUT2D eigenvalue weighted by Gasteiger charge is 2.38. The van der Waals surface area contributed by atoms with Crippen molar-refractivity contribution in [2.24, 2.45) is 0 Å². The Balaban J connectivity index is 1.99. The molecule has 0 radical (unpaired) electrons. The van der Waals surface area contributed by atoms with Gasteiger partial charge >= 0.3 is 5.97 Å². The van der Waals surface area contributed by atoms with E-state index in [4.69, 9.17) is 5.11 Å². The second-order valence-electron chi connectivity index (χ2n) is 9.39. The lowest BCUT2D eigenvalue weighted by Gasteiger charge is -2.42. The minimum atomic E-state index is -1.38. The first-order chi connectivity index (χ1) is 13.3. The Kier molecular flexibility index (Phi) is 5.01. The van der Waals surface area contributed by atoms with Crippen molar-refractivity contribution in [2.45, 2.75) is 63.9 Å². The maximum Gasteiger partial charge on any atom is 0.339 e. The van der Waals surface area contributed by atoms with Gasteiger partial charge in [-0.25, -0.2) is 4.79 Å². The molecular formula is C25H28O4. The summed E-state index contributed by atoms with van der Waals surface area (Å²) in [5.41, 5.74) is 2.29. The summed E-state index contributed by atoms with van der Waals surface area (Å²) >= 11 is 0. The van der Waals surface area contributed by atoms with Crippen molar-refractivity contribution in [3.63, 3.8) is 0 Å².